The zero-order valence-electron chi connectivity index (χ0n) is 16.5. The molecule has 0 aromatic heterocycles. The lowest BCUT2D eigenvalue weighted by Gasteiger charge is -2.36. The van der Waals surface area contributed by atoms with Crippen molar-refractivity contribution in [1.82, 2.24) is 4.90 Å². The molecule has 0 saturated carbocycles. The molecule has 2 saturated heterocycles. The van der Waals surface area contributed by atoms with Gasteiger partial charge in [0.25, 0.3) is 0 Å². The number of nitrogens with zero attached hydrogens (tertiary/aromatic N) is 3. The third-order valence-electron chi connectivity index (χ3n) is 5.46. The summed E-state index contributed by atoms with van der Waals surface area (Å²) in [6.07, 6.45) is 0. The molecule has 6 nitrogen and oxygen atoms in total. The Hall–Kier alpha value is -2.64. The number of piperazine rings is 1. The van der Waals surface area contributed by atoms with Gasteiger partial charge < -0.3 is 19.9 Å². The van der Waals surface area contributed by atoms with Crippen LogP contribution >= 0.6 is 0 Å². The van der Waals surface area contributed by atoms with Gasteiger partial charge in [0.2, 0.25) is 5.91 Å². The lowest BCUT2D eigenvalue weighted by Crippen LogP contribution is -2.48. The lowest BCUT2D eigenvalue weighted by atomic mass is 10.2. The molecule has 0 unspecified atom stereocenters. The summed E-state index contributed by atoms with van der Waals surface area (Å²) in [7, 11) is 0. The van der Waals surface area contributed by atoms with Crippen LogP contribution in [0.15, 0.2) is 48.5 Å². The van der Waals surface area contributed by atoms with E-state index in [1.165, 1.54) is 12.1 Å². The number of hydrogen-bond acceptors (Lipinski definition) is 5. The normalized spacial score (nSPS) is 18.0. The molecule has 0 spiro atoms. The highest BCUT2D eigenvalue weighted by atomic mass is 19.1. The lowest BCUT2D eigenvalue weighted by molar-refractivity contribution is -0.117. The zero-order chi connectivity index (χ0) is 20.1. The minimum atomic E-state index is -0.221. The molecule has 2 aliphatic heterocycles. The van der Waals surface area contributed by atoms with Crippen molar-refractivity contribution >= 4 is 23.0 Å². The third kappa shape index (κ3) is 5.05. The quantitative estimate of drug-likeness (QED) is 0.838. The number of carbonyl (C=O) groups excluding carboxylic acids is 1. The van der Waals surface area contributed by atoms with Gasteiger partial charge in [-0.25, -0.2) is 4.39 Å². The van der Waals surface area contributed by atoms with Crippen molar-refractivity contribution in [3.63, 3.8) is 0 Å². The first-order valence-corrected chi connectivity index (χ1v) is 10.1. The van der Waals surface area contributed by atoms with Crippen LogP contribution in [0.2, 0.25) is 0 Å². The molecule has 29 heavy (non-hydrogen) atoms. The number of rotatable bonds is 5. The number of anilines is 3. The van der Waals surface area contributed by atoms with E-state index in [2.05, 4.69) is 20.0 Å². The van der Waals surface area contributed by atoms with Crippen molar-refractivity contribution in [2.24, 2.45) is 0 Å². The fraction of sp³-hybridized carbons (Fsp3) is 0.409. The monoisotopic (exact) mass is 398 g/mol. The van der Waals surface area contributed by atoms with E-state index in [-0.39, 0.29) is 11.7 Å². The molecular weight excluding hydrogens is 371 g/mol. The van der Waals surface area contributed by atoms with Crippen LogP contribution in [0.1, 0.15) is 0 Å². The Balaban J connectivity index is 1.30. The van der Waals surface area contributed by atoms with Crippen molar-refractivity contribution in [3.8, 4) is 0 Å². The standard InChI is InChI=1S/C22H27FN4O2/c23-18-5-7-19(8-6-18)26-11-9-25(10-12-26)17-22(28)24-20-3-1-2-4-21(20)27-13-15-29-16-14-27/h1-8H,9-17H2,(H,24,28). The highest BCUT2D eigenvalue weighted by Crippen LogP contribution is 2.26. The molecule has 4 rings (SSSR count). The first kappa shape index (κ1) is 19.7. The third-order valence-corrected chi connectivity index (χ3v) is 5.46. The Morgan fingerprint density at radius 2 is 1.59 bits per heavy atom. The molecule has 7 heteroatoms. The van der Waals surface area contributed by atoms with E-state index in [0.29, 0.717) is 19.8 Å². The van der Waals surface area contributed by atoms with Crippen LogP contribution in [0.5, 0.6) is 0 Å². The van der Waals surface area contributed by atoms with E-state index in [1.54, 1.807) is 12.1 Å². The van der Waals surface area contributed by atoms with Gasteiger partial charge in [-0.2, -0.15) is 0 Å². The van der Waals surface area contributed by atoms with Gasteiger partial charge in [0.1, 0.15) is 5.82 Å². The fourth-order valence-corrected chi connectivity index (χ4v) is 3.87. The largest absolute Gasteiger partial charge is 0.378 e. The minimum absolute atomic E-state index is 0.000872. The van der Waals surface area contributed by atoms with Crippen LogP contribution in [0.25, 0.3) is 0 Å². The number of morpholine rings is 1. The Labute approximate surface area is 170 Å². The highest BCUT2D eigenvalue weighted by Gasteiger charge is 2.21. The second-order valence-electron chi connectivity index (χ2n) is 7.40. The van der Waals surface area contributed by atoms with Crippen LogP contribution in [-0.2, 0) is 9.53 Å². The Morgan fingerprint density at radius 1 is 0.897 bits per heavy atom. The molecule has 1 amide bonds. The zero-order valence-corrected chi connectivity index (χ0v) is 16.5. The second kappa shape index (κ2) is 9.24. The summed E-state index contributed by atoms with van der Waals surface area (Å²) >= 11 is 0. The number of para-hydroxylation sites is 2. The summed E-state index contributed by atoms with van der Waals surface area (Å²) in [5, 5.41) is 3.09. The van der Waals surface area contributed by atoms with Gasteiger partial charge in [-0.05, 0) is 36.4 Å². The number of benzene rings is 2. The van der Waals surface area contributed by atoms with E-state index in [0.717, 1.165) is 56.3 Å². The molecule has 2 aromatic carbocycles. The Morgan fingerprint density at radius 3 is 2.31 bits per heavy atom. The van der Waals surface area contributed by atoms with Crippen molar-refractivity contribution < 1.29 is 13.9 Å². The van der Waals surface area contributed by atoms with Gasteiger partial charge in [0.05, 0.1) is 31.1 Å². The van der Waals surface area contributed by atoms with E-state index < -0.39 is 0 Å². The van der Waals surface area contributed by atoms with Gasteiger partial charge in [0.15, 0.2) is 0 Å². The van der Waals surface area contributed by atoms with Gasteiger partial charge in [-0.3, -0.25) is 9.69 Å². The second-order valence-corrected chi connectivity index (χ2v) is 7.40. The van der Waals surface area contributed by atoms with Gasteiger partial charge in [0, 0.05) is 45.0 Å². The molecule has 154 valence electrons. The molecule has 1 N–H and O–H groups in total. The number of amides is 1. The summed E-state index contributed by atoms with van der Waals surface area (Å²) in [6, 6.07) is 14.5. The summed E-state index contributed by atoms with van der Waals surface area (Å²) in [5.74, 6) is -0.220. The number of ether oxygens (including phenoxy) is 1. The van der Waals surface area contributed by atoms with E-state index in [1.807, 2.05) is 24.3 Å². The molecule has 0 radical (unpaired) electrons. The molecule has 2 fully saturated rings. The highest BCUT2D eigenvalue weighted by molar-refractivity contribution is 5.95. The molecule has 2 aliphatic rings. The van der Waals surface area contributed by atoms with Crippen molar-refractivity contribution in [3.05, 3.63) is 54.3 Å². The summed E-state index contributed by atoms with van der Waals surface area (Å²) in [5.41, 5.74) is 2.92. The van der Waals surface area contributed by atoms with E-state index in [4.69, 9.17) is 4.74 Å². The van der Waals surface area contributed by atoms with Crippen LogP contribution in [-0.4, -0.2) is 69.8 Å². The van der Waals surface area contributed by atoms with E-state index >= 15 is 0 Å². The number of nitrogens with one attached hydrogen (secondary N) is 1. The van der Waals surface area contributed by atoms with Crippen LogP contribution in [0, 0.1) is 5.82 Å². The smallest absolute Gasteiger partial charge is 0.238 e. The van der Waals surface area contributed by atoms with Crippen LogP contribution in [0.4, 0.5) is 21.5 Å². The van der Waals surface area contributed by atoms with Crippen molar-refractivity contribution in [2.45, 2.75) is 0 Å². The average molecular weight is 398 g/mol. The molecule has 0 atom stereocenters. The first-order chi connectivity index (χ1) is 14.2. The summed E-state index contributed by atoms with van der Waals surface area (Å²) in [6.45, 7) is 6.70. The SMILES string of the molecule is O=C(CN1CCN(c2ccc(F)cc2)CC1)Nc1ccccc1N1CCOCC1. The maximum absolute atomic E-state index is 13.1. The topological polar surface area (TPSA) is 48.1 Å². The Kier molecular flexibility index (Phi) is 6.27. The first-order valence-electron chi connectivity index (χ1n) is 10.1. The fourth-order valence-electron chi connectivity index (χ4n) is 3.87. The number of carbonyl (C=O) groups is 1. The van der Waals surface area contributed by atoms with Crippen molar-refractivity contribution in [1.29, 1.82) is 0 Å². The van der Waals surface area contributed by atoms with E-state index in [9.17, 15) is 9.18 Å². The molecule has 2 heterocycles. The molecule has 2 aromatic rings. The summed E-state index contributed by atoms with van der Waals surface area (Å²) < 4.78 is 18.5. The van der Waals surface area contributed by atoms with Gasteiger partial charge in [-0.1, -0.05) is 12.1 Å². The van der Waals surface area contributed by atoms with Gasteiger partial charge in [-0.15, -0.1) is 0 Å². The average Bonchev–Trinajstić information content (AvgIpc) is 2.76. The van der Waals surface area contributed by atoms with Crippen LogP contribution < -0.4 is 15.1 Å². The van der Waals surface area contributed by atoms with Gasteiger partial charge >= 0.3 is 0 Å². The maximum Gasteiger partial charge on any atom is 0.238 e. The number of halogens is 1. The predicted molar refractivity (Wildman–Crippen MR) is 113 cm³/mol. The van der Waals surface area contributed by atoms with Crippen molar-refractivity contribution in [2.75, 3.05) is 74.1 Å². The van der Waals surface area contributed by atoms with Crippen LogP contribution in [0.3, 0.4) is 0 Å². The summed E-state index contributed by atoms with van der Waals surface area (Å²) in [4.78, 5) is 19.3. The molecule has 0 aliphatic carbocycles. The minimum Gasteiger partial charge on any atom is -0.378 e. The molecule has 0 bridgehead atoms. The maximum atomic E-state index is 13.1. The Bertz CT molecular complexity index is 816. The number of hydrogen-bond donors (Lipinski definition) is 1. The predicted octanol–water partition coefficient (Wildman–Crippen LogP) is 2.42. The molecular formula is C22H27FN4O2.